The van der Waals surface area contributed by atoms with Gasteiger partial charge < -0.3 is 10.1 Å². The van der Waals surface area contributed by atoms with Crippen molar-refractivity contribution in [1.82, 2.24) is 15.1 Å². The minimum absolute atomic E-state index is 0.0771. The summed E-state index contributed by atoms with van der Waals surface area (Å²) in [6.07, 6.45) is 4.33. The zero-order valence-electron chi connectivity index (χ0n) is 16.2. The van der Waals surface area contributed by atoms with Gasteiger partial charge in [0.25, 0.3) is 5.69 Å². The normalized spacial score (nSPS) is 16.6. The highest BCUT2D eigenvalue weighted by molar-refractivity contribution is 5.64. The number of para-hydroxylation sites is 1. The van der Waals surface area contributed by atoms with E-state index < -0.39 is 0 Å². The number of nitro groups is 1. The Balaban J connectivity index is 1.57. The number of nitro benzene ring substituents is 1. The SMILES string of the molecule is O=[N+]([O-])c1ccc(-c2nn(-c3ccccc3)cc2CNCC2CCCOC2)cc1. The Kier molecular flexibility index (Phi) is 5.97. The molecule has 7 heteroatoms. The van der Waals surface area contributed by atoms with Crippen LogP contribution < -0.4 is 5.32 Å². The van der Waals surface area contributed by atoms with E-state index in [0.717, 1.165) is 48.7 Å². The number of aromatic nitrogens is 2. The van der Waals surface area contributed by atoms with Crippen LogP contribution in [0, 0.1) is 16.0 Å². The molecule has 0 bridgehead atoms. The van der Waals surface area contributed by atoms with Crippen LogP contribution in [0.3, 0.4) is 0 Å². The van der Waals surface area contributed by atoms with Gasteiger partial charge in [-0.25, -0.2) is 4.68 Å². The molecule has 1 unspecified atom stereocenters. The lowest BCUT2D eigenvalue weighted by Crippen LogP contribution is -2.28. The summed E-state index contributed by atoms with van der Waals surface area (Å²) in [5.74, 6) is 0.538. The molecule has 0 spiro atoms. The molecular weight excluding hydrogens is 368 g/mol. The van der Waals surface area contributed by atoms with Crippen molar-refractivity contribution >= 4 is 5.69 Å². The maximum Gasteiger partial charge on any atom is 0.269 e. The van der Waals surface area contributed by atoms with Gasteiger partial charge in [0.15, 0.2) is 0 Å². The molecule has 4 rings (SSSR count). The zero-order valence-corrected chi connectivity index (χ0v) is 16.2. The minimum Gasteiger partial charge on any atom is -0.381 e. The van der Waals surface area contributed by atoms with Crippen LogP contribution in [0.1, 0.15) is 18.4 Å². The fourth-order valence-corrected chi connectivity index (χ4v) is 3.62. The van der Waals surface area contributed by atoms with Crippen LogP contribution in [0.2, 0.25) is 0 Å². The van der Waals surface area contributed by atoms with E-state index in [1.807, 2.05) is 41.2 Å². The number of ether oxygens (including phenoxy) is 1. The molecule has 1 N–H and O–H groups in total. The Morgan fingerprint density at radius 3 is 2.66 bits per heavy atom. The van der Waals surface area contributed by atoms with Crippen molar-refractivity contribution in [3.8, 4) is 16.9 Å². The van der Waals surface area contributed by atoms with Crippen molar-refractivity contribution in [2.24, 2.45) is 5.92 Å². The highest BCUT2D eigenvalue weighted by Crippen LogP contribution is 2.26. The molecule has 2 heterocycles. The monoisotopic (exact) mass is 392 g/mol. The molecule has 0 amide bonds. The lowest BCUT2D eigenvalue weighted by Gasteiger charge is -2.22. The fourth-order valence-electron chi connectivity index (χ4n) is 3.62. The van der Waals surface area contributed by atoms with Crippen molar-refractivity contribution in [2.75, 3.05) is 19.8 Å². The van der Waals surface area contributed by atoms with Crippen LogP contribution in [0.15, 0.2) is 60.8 Å². The molecule has 0 saturated carbocycles. The summed E-state index contributed by atoms with van der Waals surface area (Å²) in [4.78, 5) is 10.6. The fraction of sp³-hybridized carbons (Fsp3) is 0.318. The molecule has 29 heavy (non-hydrogen) atoms. The summed E-state index contributed by atoms with van der Waals surface area (Å²) in [6.45, 7) is 3.25. The first-order valence-corrected chi connectivity index (χ1v) is 9.88. The average molecular weight is 392 g/mol. The largest absolute Gasteiger partial charge is 0.381 e. The van der Waals surface area contributed by atoms with Crippen LogP contribution in [-0.2, 0) is 11.3 Å². The molecule has 1 atom stereocenters. The molecule has 1 aromatic heterocycles. The van der Waals surface area contributed by atoms with E-state index in [-0.39, 0.29) is 10.6 Å². The minimum atomic E-state index is -0.388. The van der Waals surface area contributed by atoms with Gasteiger partial charge in [0.1, 0.15) is 0 Å². The van der Waals surface area contributed by atoms with Crippen LogP contribution in [0.5, 0.6) is 0 Å². The van der Waals surface area contributed by atoms with Crippen molar-refractivity contribution in [3.05, 3.63) is 76.5 Å². The van der Waals surface area contributed by atoms with Crippen LogP contribution in [-0.4, -0.2) is 34.5 Å². The van der Waals surface area contributed by atoms with Gasteiger partial charge in [0.2, 0.25) is 0 Å². The molecular formula is C22H24N4O3. The van der Waals surface area contributed by atoms with Crippen molar-refractivity contribution < 1.29 is 9.66 Å². The van der Waals surface area contributed by atoms with Crippen molar-refractivity contribution in [2.45, 2.75) is 19.4 Å². The highest BCUT2D eigenvalue weighted by Gasteiger charge is 2.16. The summed E-state index contributed by atoms with van der Waals surface area (Å²) in [6, 6.07) is 16.5. The molecule has 1 aliphatic heterocycles. The Bertz CT molecular complexity index is 948. The second-order valence-electron chi connectivity index (χ2n) is 7.30. The Hall–Kier alpha value is -3.03. The van der Waals surface area contributed by atoms with E-state index in [9.17, 15) is 10.1 Å². The molecule has 7 nitrogen and oxygen atoms in total. The molecule has 1 fully saturated rings. The van der Waals surface area contributed by atoms with Gasteiger partial charge >= 0.3 is 0 Å². The van der Waals surface area contributed by atoms with Crippen molar-refractivity contribution in [1.29, 1.82) is 0 Å². The van der Waals surface area contributed by atoms with Crippen LogP contribution in [0.25, 0.3) is 16.9 Å². The third kappa shape index (κ3) is 4.70. The lowest BCUT2D eigenvalue weighted by molar-refractivity contribution is -0.384. The second kappa shape index (κ2) is 8.98. The lowest BCUT2D eigenvalue weighted by atomic mass is 10.0. The van der Waals surface area contributed by atoms with E-state index in [1.165, 1.54) is 18.6 Å². The molecule has 0 aliphatic carbocycles. The van der Waals surface area contributed by atoms with Crippen LogP contribution in [0.4, 0.5) is 5.69 Å². The molecule has 150 valence electrons. The first-order valence-electron chi connectivity index (χ1n) is 9.88. The predicted octanol–water partition coefficient (Wildman–Crippen LogP) is 3.96. The van der Waals surface area contributed by atoms with E-state index in [2.05, 4.69) is 5.32 Å². The summed E-state index contributed by atoms with van der Waals surface area (Å²) < 4.78 is 7.42. The van der Waals surface area contributed by atoms with Gasteiger partial charge in [-0.05, 0) is 43.0 Å². The van der Waals surface area contributed by atoms with E-state index in [1.54, 1.807) is 12.1 Å². The van der Waals surface area contributed by atoms with E-state index in [0.29, 0.717) is 12.5 Å². The number of hydrogen-bond donors (Lipinski definition) is 1. The third-order valence-corrected chi connectivity index (χ3v) is 5.17. The standard InChI is InChI=1S/C22H24N4O3/c27-26(28)21-10-8-18(9-11-21)22-19(14-23-13-17-5-4-12-29-16-17)15-25(24-22)20-6-2-1-3-7-20/h1-3,6-11,15,17,23H,4-5,12-14,16H2. The predicted molar refractivity (Wildman–Crippen MR) is 111 cm³/mol. The summed E-state index contributed by atoms with van der Waals surface area (Å²) in [5, 5.41) is 19.3. The quantitative estimate of drug-likeness (QED) is 0.486. The molecule has 1 saturated heterocycles. The van der Waals surface area contributed by atoms with Crippen molar-refractivity contribution in [3.63, 3.8) is 0 Å². The molecule has 1 aliphatic rings. The number of nitrogens with zero attached hydrogens (tertiary/aromatic N) is 3. The maximum absolute atomic E-state index is 11.0. The van der Waals surface area contributed by atoms with Gasteiger partial charge in [-0.1, -0.05) is 18.2 Å². The molecule has 3 aromatic rings. The van der Waals surface area contributed by atoms with Gasteiger partial charge in [-0.2, -0.15) is 5.10 Å². The Morgan fingerprint density at radius 2 is 1.97 bits per heavy atom. The average Bonchev–Trinajstić information content (AvgIpc) is 3.19. The van der Waals surface area contributed by atoms with Gasteiger partial charge in [0, 0.05) is 49.2 Å². The number of nitrogens with one attached hydrogen (secondary N) is 1. The van der Waals surface area contributed by atoms with Gasteiger partial charge in [-0.3, -0.25) is 10.1 Å². The first kappa shape index (κ1) is 19.3. The molecule has 0 radical (unpaired) electrons. The Morgan fingerprint density at radius 1 is 1.17 bits per heavy atom. The smallest absolute Gasteiger partial charge is 0.269 e. The topological polar surface area (TPSA) is 82.2 Å². The Labute approximate surface area is 169 Å². The van der Waals surface area contributed by atoms with E-state index in [4.69, 9.17) is 9.84 Å². The number of benzene rings is 2. The van der Waals surface area contributed by atoms with Crippen LogP contribution >= 0.6 is 0 Å². The van der Waals surface area contributed by atoms with Gasteiger partial charge in [0.05, 0.1) is 22.9 Å². The first-order chi connectivity index (χ1) is 14.2. The summed E-state index contributed by atoms with van der Waals surface area (Å²) >= 11 is 0. The summed E-state index contributed by atoms with van der Waals surface area (Å²) in [5.41, 5.74) is 3.80. The van der Waals surface area contributed by atoms with E-state index >= 15 is 0 Å². The summed E-state index contributed by atoms with van der Waals surface area (Å²) in [7, 11) is 0. The third-order valence-electron chi connectivity index (χ3n) is 5.17. The molecule has 2 aromatic carbocycles. The zero-order chi connectivity index (χ0) is 20.1. The second-order valence-corrected chi connectivity index (χ2v) is 7.30. The number of rotatable bonds is 7. The number of non-ortho nitro benzene ring substituents is 1. The number of hydrogen-bond acceptors (Lipinski definition) is 5. The maximum atomic E-state index is 11.0. The van der Waals surface area contributed by atoms with Gasteiger partial charge in [-0.15, -0.1) is 0 Å². The highest BCUT2D eigenvalue weighted by atomic mass is 16.6.